The molecule has 1 aromatic heterocycles. The summed E-state index contributed by atoms with van der Waals surface area (Å²) >= 11 is 0. The third kappa shape index (κ3) is 4.20. The Bertz CT molecular complexity index is 724. The predicted octanol–water partition coefficient (Wildman–Crippen LogP) is 1.67. The molecule has 0 radical (unpaired) electrons. The maximum Gasteiger partial charge on any atom is 0.224 e. The molecule has 1 aliphatic rings. The topological polar surface area (TPSA) is 59.4 Å². The normalized spacial score (nSPS) is 17.3. The minimum Gasteiger partial charge on any atom is -0.497 e. The van der Waals surface area contributed by atoms with Crippen LogP contribution >= 0.6 is 0 Å². The van der Waals surface area contributed by atoms with Crippen molar-refractivity contribution in [1.29, 1.82) is 0 Å². The number of methoxy groups -OCH3 is 1. The Morgan fingerprint density at radius 3 is 2.72 bits per heavy atom. The number of ether oxygens (including phenoxy) is 1. The second-order valence-electron chi connectivity index (χ2n) is 6.60. The highest BCUT2D eigenvalue weighted by Gasteiger charge is 2.28. The minimum atomic E-state index is 0.211. The van der Waals surface area contributed by atoms with Gasteiger partial charge < -0.3 is 15.0 Å². The average Bonchev–Trinajstić information content (AvgIpc) is 3.14. The van der Waals surface area contributed by atoms with E-state index in [1.807, 2.05) is 35.0 Å². The summed E-state index contributed by atoms with van der Waals surface area (Å²) in [7, 11) is 3.61. The van der Waals surface area contributed by atoms with Gasteiger partial charge in [-0.15, -0.1) is 0 Å². The van der Waals surface area contributed by atoms with Crippen LogP contribution in [-0.4, -0.2) is 46.8 Å². The Kier molecular flexibility index (Phi) is 5.38. The number of carbonyl (C=O) groups excluding carboxylic acids is 1. The van der Waals surface area contributed by atoms with Gasteiger partial charge in [0.25, 0.3) is 0 Å². The van der Waals surface area contributed by atoms with Gasteiger partial charge in [0, 0.05) is 50.4 Å². The molecule has 1 fully saturated rings. The lowest BCUT2D eigenvalue weighted by Crippen LogP contribution is -2.33. The predicted molar refractivity (Wildman–Crippen MR) is 96.5 cm³/mol. The summed E-state index contributed by atoms with van der Waals surface area (Å²) in [6.07, 6.45) is 3.33. The molecule has 1 saturated heterocycles. The molecule has 1 unspecified atom stereocenters. The van der Waals surface area contributed by atoms with Crippen LogP contribution in [0.5, 0.6) is 5.75 Å². The van der Waals surface area contributed by atoms with Gasteiger partial charge in [-0.2, -0.15) is 5.10 Å². The van der Waals surface area contributed by atoms with E-state index in [-0.39, 0.29) is 11.9 Å². The van der Waals surface area contributed by atoms with Gasteiger partial charge >= 0.3 is 0 Å². The summed E-state index contributed by atoms with van der Waals surface area (Å²) in [4.78, 5) is 14.2. The van der Waals surface area contributed by atoms with Crippen LogP contribution in [0.3, 0.4) is 0 Å². The molecule has 1 aromatic carbocycles. The summed E-state index contributed by atoms with van der Waals surface area (Å²) in [5.41, 5.74) is 3.57. The number of nitrogens with one attached hydrogen (secondary N) is 1. The van der Waals surface area contributed by atoms with Gasteiger partial charge in [0.2, 0.25) is 5.91 Å². The molecular weight excluding hydrogens is 316 g/mol. The van der Waals surface area contributed by atoms with Crippen LogP contribution in [0.25, 0.3) is 0 Å². The second-order valence-corrected chi connectivity index (χ2v) is 6.60. The standard InChI is InChI=1S/C19H26N4O2/c1-14-16(12-21-22(14)2)11-20-17-10-19(24)23(13-17)9-8-15-4-6-18(25-3)7-5-15/h4-7,12,17,20H,8-11,13H2,1-3H3. The molecule has 1 N–H and O–H groups in total. The third-order valence-corrected chi connectivity index (χ3v) is 4.96. The van der Waals surface area contributed by atoms with E-state index in [0.29, 0.717) is 6.42 Å². The molecule has 0 bridgehead atoms. The lowest BCUT2D eigenvalue weighted by Gasteiger charge is -2.17. The van der Waals surface area contributed by atoms with Crippen LogP contribution < -0.4 is 10.1 Å². The Hall–Kier alpha value is -2.34. The first kappa shape index (κ1) is 17.5. The van der Waals surface area contributed by atoms with Crippen LogP contribution in [0.15, 0.2) is 30.5 Å². The number of rotatable bonds is 7. The molecule has 0 saturated carbocycles. The zero-order chi connectivity index (χ0) is 17.8. The van der Waals surface area contributed by atoms with Crippen LogP contribution in [0.1, 0.15) is 23.2 Å². The first-order chi connectivity index (χ1) is 12.1. The molecule has 3 rings (SSSR count). The lowest BCUT2D eigenvalue weighted by atomic mass is 10.1. The monoisotopic (exact) mass is 342 g/mol. The highest BCUT2D eigenvalue weighted by atomic mass is 16.5. The second kappa shape index (κ2) is 7.70. The van der Waals surface area contributed by atoms with Crippen molar-refractivity contribution in [2.24, 2.45) is 7.05 Å². The largest absolute Gasteiger partial charge is 0.497 e. The first-order valence-corrected chi connectivity index (χ1v) is 8.68. The number of hydrogen-bond donors (Lipinski definition) is 1. The number of carbonyl (C=O) groups is 1. The van der Waals surface area contributed by atoms with Crippen molar-refractivity contribution in [3.05, 3.63) is 47.3 Å². The summed E-state index contributed by atoms with van der Waals surface area (Å²) in [6, 6.07) is 8.24. The summed E-state index contributed by atoms with van der Waals surface area (Å²) in [5, 5.41) is 7.75. The molecule has 0 spiro atoms. The van der Waals surface area contributed by atoms with Crippen LogP contribution in [0.2, 0.25) is 0 Å². The van der Waals surface area contributed by atoms with Crippen LogP contribution in [0.4, 0.5) is 0 Å². The molecular formula is C19H26N4O2. The van der Waals surface area contributed by atoms with E-state index < -0.39 is 0 Å². The number of hydrogen-bond acceptors (Lipinski definition) is 4. The summed E-state index contributed by atoms with van der Waals surface area (Å²) in [6.45, 7) is 4.35. The van der Waals surface area contributed by atoms with E-state index in [1.54, 1.807) is 7.11 Å². The molecule has 134 valence electrons. The molecule has 1 aliphatic heterocycles. The summed E-state index contributed by atoms with van der Waals surface area (Å²) in [5.74, 6) is 1.09. The summed E-state index contributed by atoms with van der Waals surface area (Å²) < 4.78 is 7.05. The fraction of sp³-hybridized carbons (Fsp3) is 0.474. The molecule has 6 nitrogen and oxygen atoms in total. The number of aryl methyl sites for hydroxylation is 1. The molecule has 6 heteroatoms. The molecule has 2 heterocycles. The van der Waals surface area contributed by atoms with E-state index >= 15 is 0 Å². The maximum absolute atomic E-state index is 12.2. The first-order valence-electron chi connectivity index (χ1n) is 8.68. The maximum atomic E-state index is 12.2. The minimum absolute atomic E-state index is 0.211. The van der Waals surface area contributed by atoms with Gasteiger partial charge in [0.15, 0.2) is 0 Å². The van der Waals surface area contributed by atoms with Crippen molar-refractivity contribution in [1.82, 2.24) is 20.0 Å². The number of benzene rings is 1. The molecule has 0 aliphatic carbocycles. The van der Waals surface area contributed by atoms with Gasteiger partial charge in [-0.25, -0.2) is 0 Å². The van der Waals surface area contributed by atoms with Crippen molar-refractivity contribution < 1.29 is 9.53 Å². The molecule has 2 aromatic rings. The number of amides is 1. The molecule has 1 amide bonds. The number of nitrogens with zero attached hydrogens (tertiary/aromatic N) is 3. The van der Waals surface area contributed by atoms with Gasteiger partial charge in [0.05, 0.1) is 13.3 Å². The highest BCUT2D eigenvalue weighted by Crippen LogP contribution is 2.16. The lowest BCUT2D eigenvalue weighted by molar-refractivity contribution is -0.127. The smallest absolute Gasteiger partial charge is 0.224 e. The van der Waals surface area contributed by atoms with Crippen molar-refractivity contribution in [3.63, 3.8) is 0 Å². The zero-order valence-corrected chi connectivity index (χ0v) is 15.2. The van der Waals surface area contributed by atoms with Gasteiger partial charge in [-0.3, -0.25) is 9.48 Å². The van der Waals surface area contributed by atoms with Gasteiger partial charge in [0.1, 0.15) is 5.75 Å². The highest BCUT2D eigenvalue weighted by molar-refractivity contribution is 5.79. The van der Waals surface area contributed by atoms with Gasteiger partial charge in [-0.05, 0) is 31.0 Å². The fourth-order valence-corrected chi connectivity index (χ4v) is 3.15. The Balaban J connectivity index is 1.47. The number of aromatic nitrogens is 2. The van der Waals surface area contributed by atoms with Crippen molar-refractivity contribution in [2.75, 3.05) is 20.2 Å². The molecule has 25 heavy (non-hydrogen) atoms. The SMILES string of the molecule is COc1ccc(CCN2CC(NCc3cnn(C)c3C)CC2=O)cc1. The average molecular weight is 342 g/mol. The van der Waals surface area contributed by atoms with Crippen molar-refractivity contribution >= 4 is 5.91 Å². The van der Waals surface area contributed by atoms with Crippen molar-refractivity contribution in [3.8, 4) is 5.75 Å². The number of likely N-dealkylation sites (tertiary alicyclic amines) is 1. The van der Waals surface area contributed by atoms with E-state index in [4.69, 9.17) is 4.74 Å². The Labute approximate surface area is 148 Å². The quantitative estimate of drug-likeness (QED) is 0.832. The van der Waals surface area contributed by atoms with Crippen molar-refractivity contribution in [2.45, 2.75) is 32.4 Å². The Morgan fingerprint density at radius 2 is 2.08 bits per heavy atom. The van der Waals surface area contributed by atoms with Crippen LogP contribution in [-0.2, 0) is 24.8 Å². The van der Waals surface area contributed by atoms with E-state index in [9.17, 15) is 4.79 Å². The van der Waals surface area contributed by atoms with E-state index in [0.717, 1.165) is 37.5 Å². The van der Waals surface area contributed by atoms with Crippen LogP contribution in [0, 0.1) is 6.92 Å². The van der Waals surface area contributed by atoms with E-state index in [1.165, 1.54) is 11.1 Å². The Morgan fingerprint density at radius 1 is 1.32 bits per heavy atom. The van der Waals surface area contributed by atoms with Gasteiger partial charge in [-0.1, -0.05) is 12.1 Å². The van der Waals surface area contributed by atoms with E-state index in [2.05, 4.69) is 29.5 Å². The molecule has 1 atom stereocenters. The third-order valence-electron chi connectivity index (χ3n) is 4.96. The fourth-order valence-electron chi connectivity index (χ4n) is 3.15. The zero-order valence-electron chi connectivity index (χ0n) is 15.2.